The molecule has 0 aromatic heterocycles. The van der Waals surface area contributed by atoms with Crippen LogP contribution in [0, 0.1) is 52.3 Å². The lowest BCUT2D eigenvalue weighted by Gasteiger charge is -2.64. The number of aliphatic hydroxyl groups excluding tert-OH is 2. The molecule has 0 unspecified atom stereocenters. The quantitative estimate of drug-likeness (QED) is 0.273. The largest absolute Gasteiger partial charge is 0.490 e. The minimum absolute atomic E-state index is 0.00349. The summed E-state index contributed by atoms with van der Waals surface area (Å²) in [6, 6.07) is 6.22. The van der Waals surface area contributed by atoms with Gasteiger partial charge in [-0.25, -0.2) is 17.9 Å². The van der Waals surface area contributed by atoms with Gasteiger partial charge in [-0.15, -0.1) is 0 Å². The molecule has 1 amide bonds. The third kappa shape index (κ3) is 6.22. The van der Waals surface area contributed by atoms with E-state index >= 15 is 0 Å². The summed E-state index contributed by atoms with van der Waals surface area (Å²) in [6.07, 6.45) is 12.1. The van der Waals surface area contributed by atoms with Crippen molar-refractivity contribution in [2.45, 2.75) is 134 Å². The van der Waals surface area contributed by atoms with Crippen LogP contribution < -0.4 is 9.46 Å². The van der Waals surface area contributed by atoms with Crippen LogP contribution in [-0.2, 0) is 14.8 Å². The van der Waals surface area contributed by atoms with Crippen molar-refractivity contribution in [3.05, 3.63) is 24.3 Å². The molecule has 3 N–H and O–H groups in total. The molecule has 5 aliphatic rings. The number of rotatable bonds is 8. The fourth-order valence-electron chi connectivity index (χ4n) is 11.5. The number of nitrogens with one attached hydrogen (secondary N) is 1. The summed E-state index contributed by atoms with van der Waals surface area (Å²) in [5, 5.41) is 22.5. The Morgan fingerprint density at radius 3 is 2.30 bits per heavy atom. The van der Waals surface area contributed by atoms with Crippen LogP contribution >= 0.6 is 0 Å². The summed E-state index contributed by atoms with van der Waals surface area (Å²) in [7, 11) is -4.08. The molecule has 0 heterocycles. The Kier molecular flexibility index (Phi) is 9.79. The van der Waals surface area contributed by atoms with Crippen LogP contribution in [0.1, 0.15) is 111 Å². The fraction of sp³-hybridized carbons (Fsp3) is 0.811. The van der Waals surface area contributed by atoms with E-state index in [0.717, 1.165) is 77.0 Å². The Hall–Kier alpha value is -1.84. The van der Waals surface area contributed by atoms with Crippen molar-refractivity contribution in [2.75, 3.05) is 6.61 Å². The highest BCUT2D eigenvalue weighted by atomic mass is 32.2. The highest BCUT2D eigenvalue weighted by molar-refractivity contribution is 7.90. The van der Waals surface area contributed by atoms with Gasteiger partial charge < -0.3 is 19.7 Å². The number of fused-ring (bicyclic) bond motifs is 5. The van der Waals surface area contributed by atoms with Crippen molar-refractivity contribution in [1.82, 2.24) is 4.72 Å². The number of carbonyl (C=O) groups is 1. The third-order valence-corrected chi connectivity index (χ3v) is 15.2. The Morgan fingerprint density at radius 2 is 1.61 bits per heavy atom. The van der Waals surface area contributed by atoms with Gasteiger partial charge in [0.1, 0.15) is 5.75 Å². The highest BCUT2D eigenvalue weighted by Crippen LogP contribution is 2.69. The van der Waals surface area contributed by atoms with Crippen LogP contribution in [-0.4, -0.2) is 49.6 Å². The number of ether oxygens (including phenoxy) is 2. The summed E-state index contributed by atoms with van der Waals surface area (Å²) in [5.41, 5.74) is 0.189. The lowest BCUT2D eigenvalue weighted by atomic mass is 9.41. The molecule has 0 aliphatic heterocycles. The van der Waals surface area contributed by atoms with Gasteiger partial charge in [0.05, 0.1) is 29.8 Å². The Bertz CT molecular complexity index is 1330. The summed E-state index contributed by atoms with van der Waals surface area (Å²) in [4.78, 5) is 12.7. The van der Waals surface area contributed by atoms with Gasteiger partial charge in [-0.2, -0.15) is 0 Å². The fourth-order valence-corrected chi connectivity index (χ4v) is 12.4. The average molecular weight is 660 g/mol. The van der Waals surface area contributed by atoms with Crippen LogP contribution in [0.4, 0.5) is 4.79 Å². The van der Waals surface area contributed by atoms with E-state index in [4.69, 9.17) is 9.47 Å². The molecule has 5 aliphatic carbocycles. The van der Waals surface area contributed by atoms with Gasteiger partial charge in [-0.3, -0.25) is 0 Å². The highest BCUT2D eigenvalue weighted by Gasteiger charge is 2.65. The number of benzene rings is 1. The molecule has 0 saturated heterocycles. The van der Waals surface area contributed by atoms with Crippen molar-refractivity contribution in [3.8, 4) is 5.75 Å². The molecule has 5 saturated carbocycles. The third-order valence-electron chi connectivity index (χ3n) is 13.8. The predicted molar refractivity (Wildman–Crippen MR) is 177 cm³/mol. The molecule has 5 fully saturated rings. The van der Waals surface area contributed by atoms with E-state index in [-0.39, 0.29) is 58.4 Å². The van der Waals surface area contributed by atoms with Gasteiger partial charge >= 0.3 is 6.09 Å². The van der Waals surface area contributed by atoms with Crippen molar-refractivity contribution >= 4 is 16.1 Å². The van der Waals surface area contributed by atoms with Gasteiger partial charge in [0.2, 0.25) is 0 Å². The number of hydrogen-bond acceptors (Lipinski definition) is 7. The first-order chi connectivity index (χ1) is 21.9. The van der Waals surface area contributed by atoms with Crippen LogP contribution in [0.5, 0.6) is 5.75 Å². The second kappa shape index (κ2) is 13.2. The van der Waals surface area contributed by atoms with E-state index in [0.29, 0.717) is 29.4 Å². The first kappa shape index (κ1) is 34.0. The Balaban J connectivity index is 1.06. The van der Waals surface area contributed by atoms with Gasteiger partial charge in [-0.05, 0) is 147 Å². The summed E-state index contributed by atoms with van der Waals surface area (Å²) < 4.78 is 39.6. The second-order valence-corrected chi connectivity index (χ2v) is 17.8. The van der Waals surface area contributed by atoms with Gasteiger partial charge in [-0.1, -0.05) is 40.5 Å². The van der Waals surface area contributed by atoms with Crippen molar-refractivity contribution < 1.29 is 32.9 Å². The zero-order valence-corrected chi connectivity index (χ0v) is 29.1. The van der Waals surface area contributed by atoms with Crippen molar-refractivity contribution in [2.24, 2.45) is 52.3 Å². The minimum atomic E-state index is -4.08. The molecule has 1 aromatic rings. The zero-order chi connectivity index (χ0) is 32.9. The van der Waals surface area contributed by atoms with E-state index in [1.54, 1.807) is 12.1 Å². The second-order valence-electron chi connectivity index (χ2n) is 16.2. The Morgan fingerprint density at radius 1 is 0.935 bits per heavy atom. The SMILES string of the molecule is CC[C@H]1[C@@H](O)[C@@H]2[C@H](CC[C@]3(C)[C@@H]([C@H](C)COC(=O)NS(=O)(=O)c4ccc(OC5CCCCC5)cc4)CC[C@@H]23)[C@@]2(C)CC[C@@H](O)C[C@@H]12. The molecule has 258 valence electrons. The van der Waals surface area contributed by atoms with Gasteiger partial charge in [0.25, 0.3) is 10.0 Å². The lowest BCUT2D eigenvalue weighted by molar-refractivity contribution is -0.203. The van der Waals surface area contributed by atoms with Gasteiger partial charge in [0, 0.05) is 0 Å². The summed E-state index contributed by atoms with van der Waals surface area (Å²) in [6.45, 7) is 9.30. The van der Waals surface area contributed by atoms with E-state index in [1.165, 1.54) is 18.6 Å². The number of sulfonamides is 1. The molecule has 9 heteroatoms. The molecule has 46 heavy (non-hydrogen) atoms. The molecule has 6 rings (SSSR count). The number of hydrogen-bond donors (Lipinski definition) is 3. The standard InChI is InChI=1S/C37H57NO7S/c1-5-28-32-21-24(39)17-19-37(32,4)31-18-20-36(3)29(15-16-30(36)33(31)34(28)40)23(2)22-44-35(41)38-46(42,43)27-13-11-26(12-14-27)45-25-9-7-6-8-10-25/h11-14,23-25,28-34,39-40H,5-10,15-22H2,1-4H3,(H,38,41)/t23-,24-,28-,29-,30+,31+,32+,33+,34-,36-,37-/m1/s1. The molecule has 11 atom stereocenters. The zero-order valence-electron chi connectivity index (χ0n) is 28.3. The number of carbonyl (C=O) groups excluding carboxylic acids is 1. The normalized spacial score (nSPS) is 40.2. The maximum absolute atomic E-state index is 13.0. The molecular weight excluding hydrogens is 602 g/mol. The summed E-state index contributed by atoms with van der Waals surface area (Å²) in [5.74, 6) is 2.74. The average Bonchev–Trinajstić information content (AvgIpc) is 3.39. The molecule has 0 spiro atoms. The Labute approximate surface area is 276 Å². The van der Waals surface area contributed by atoms with Gasteiger partial charge in [0.15, 0.2) is 0 Å². The maximum Gasteiger partial charge on any atom is 0.421 e. The van der Waals surface area contributed by atoms with Crippen molar-refractivity contribution in [1.29, 1.82) is 0 Å². The van der Waals surface area contributed by atoms with Crippen LogP contribution in [0.15, 0.2) is 29.2 Å². The molecule has 1 aromatic carbocycles. The minimum Gasteiger partial charge on any atom is -0.490 e. The van der Waals surface area contributed by atoms with E-state index < -0.39 is 16.1 Å². The number of aliphatic hydroxyl groups is 2. The van der Waals surface area contributed by atoms with Crippen molar-refractivity contribution in [3.63, 3.8) is 0 Å². The molecule has 0 radical (unpaired) electrons. The smallest absolute Gasteiger partial charge is 0.421 e. The number of amides is 1. The monoisotopic (exact) mass is 659 g/mol. The first-order valence-electron chi connectivity index (χ1n) is 18.2. The van der Waals surface area contributed by atoms with E-state index in [9.17, 15) is 23.4 Å². The lowest BCUT2D eigenvalue weighted by Crippen LogP contribution is -2.62. The van der Waals surface area contributed by atoms with Crippen LogP contribution in [0.3, 0.4) is 0 Å². The first-order valence-corrected chi connectivity index (χ1v) is 19.7. The summed E-state index contributed by atoms with van der Waals surface area (Å²) >= 11 is 0. The predicted octanol–water partition coefficient (Wildman–Crippen LogP) is 7.08. The topological polar surface area (TPSA) is 122 Å². The van der Waals surface area contributed by atoms with E-state index in [1.807, 2.05) is 0 Å². The molecular formula is C37H57NO7S. The van der Waals surface area contributed by atoms with E-state index in [2.05, 4.69) is 32.4 Å². The maximum atomic E-state index is 13.0. The van der Waals surface area contributed by atoms with Crippen LogP contribution in [0.2, 0.25) is 0 Å². The molecule has 8 nitrogen and oxygen atoms in total. The molecule has 0 bridgehead atoms. The van der Waals surface area contributed by atoms with Crippen LogP contribution in [0.25, 0.3) is 0 Å².